The minimum atomic E-state index is -0.228. The molecule has 0 saturated carbocycles. The molecular weight excluding hydrogens is 294 g/mol. The molecule has 0 aliphatic carbocycles. The lowest BCUT2D eigenvalue weighted by Crippen LogP contribution is -2.18. The number of fused-ring (bicyclic) bond motifs is 1. The molecule has 0 N–H and O–H groups in total. The van der Waals surface area contributed by atoms with E-state index in [2.05, 4.69) is 4.98 Å². The van der Waals surface area contributed by atoms with Gasteiger partial charge in [0.2, 0.25) is 4.77 Å². The second-order valence-corrected chi connectivity index (χ2v) is 5.16. The molecule has 0 radical (unpaired) electrons. The third-order valence-corrected chi connectivity index (χ3v) is 3.52. The summed E-state index contributed by atoms with van der Waals surface area (Å²) in [5.41, 5.74) is 2.04. The number of carbonyl (C=O) groups excluding carboxylic acids is 1. The van der Waals surface area contributed by atoms with Crippen molar-refractivity contribution in [2.45, 2.75) is 6.92 Å². The fourth-order valence-corrected chi connectivity index (χ4v) is 2.45. The van der Waals surface area contributed by atoms with Gasteiger partial charge in [0.05, 0.1) is 0 Å². The molecule has 0 atom stereocenters. The molecule has 0 amide bonds. The maximum Gasteiger partial charge on any atom is 0.279 e. The Kier molecular flexibility index (Phi) is 3.16. The van der Waals surface area contributed by atoms with Gasteiger partial charge in [0.1, 0.15) is 0 Å². The lowest BCUT2D eigenvalue weighted by Gasteiger charge is -2.07. The maximum absolute atomic E-state index is 12.6. The topological polar surface area (TPSA) is 39.3 Å². The Morgan fingerprint density at radius 3 is 2.60 bits per heavy atom. The zero-order chi connectivity index (χ0) is 14.3. The van der Waals surface area contributed by atoms with Gasteiger partial charge in [-0.25, -0.2) is 4.52 Å². The van der Waals surface area contributed by atoms with Crippen LogP contribution in [0.2, 0.25) is 5.02 Å². The first-order valence-electron chi connectivity index (χ1n) is 5.95. The lowest BCUT2D eigenvalue weighted by atomic mass is 10.2. The predicted molar refractivity (Wildman–Crippen MR) is 79.9 cm³/mol. The number of pyridine rings is 1. The highest BCUT2D eigenvalue weighted by molar-refractivity contribution is 7.71. The third-order valence-electron chi connectivity index (χ3n) is 3.01. The first-order chi connectivity index (χ1) is 9.58. The van der Waals surface area contributed by atoms with Gasteiger partial charge in [-0.2, -0.15) is 9.67 Å². The van der Waals surface area contributed by atoms with Crippen LogP contribution in [0.3, 0.4) is 0 Å². The first-order valence-corrected chi connectivity index (χ1v) is 6.74. The smallest absolute Gasteiger partial charge is 0.267 e. The van der Waals surface area contributed by atoms with Gasteiger partial charge in [-0.15, -0.1) is 0 Å². The van der Waals surface area contributed by atoms with E-state index < -0.39 is 0 Å². The van der Waals surface area contributed by atoms with E-state index in [0.29, 0.717) is 16.2 Å². The van der Waals surface area contributed by atoms with Crippen LogP contribution in [0.5, 0.6) is 0 Å². The van der Waals surface area contributed by atoms with Gasteiger partial charge in [0.25, 0.3) is 5.91 Å². The van der Waals surface area contributed by atoms with Gasteiger partial charge in [-0.05, 0) is 55.5 Å². The summed E-state index contributed by atoms with van der Waals surface area (Å²) in [4.78, 5) is 16.8. The molecule has 100 valence electrons. The Labute approximate surface area is 125 Å². The summed E-state index contributed by atoms with van der Waals surface area (Å²) in [6.45, 7) is 1.90. The largest absolute Gasteiger partial charge is 0.279 e. The van der Waals surface area contributed by atoms with Crippen molar-refractivity contribution in [1.82, 2.24) is 14.2 Å². The normalized spacial score (nSPS) is 10.9. The van der Waals surface area contributed by atoms with Gasteiger partial charge >= 0.3 is 0 Å². The molecule has 0 aliphatic heterocycles. The number of carbonyl (C=O) groups is 1. The number of aryl methyl sites for hydroxylation is 1. The molecule has 20 heavy (non-hydrogen) atoms. The second kappa shape index (κ2) is 4.85. The van der Waals surface area contributed by atoms with Crippen molar-refractivity contribution in [3.8, 4) is 0 Å². The van der Waals surface area contributed by atoms with Crippen LogP contribution in [0.25, 0.3) is 5.65 Å². The van der Waals surface area contributed by atoms with Crippen molar-refractivity contribution in [3.05, 3.63) is 63.5 Å². The third kappa shape index (κ3) is 2.05. The van der Waals surface area contributed by atoms with E-state index in [0.717, 1.165) is 5.69 Å². The average Bonchev–Trinajstić information content (AvgIpc) is 2.76. The average molecular weight is 304 g/mol. The highest BCUT2D eigenvalue weighted by Crippen LogP contribution is 2.13. The van der Waals surface area contributed by atoms with E-state index >= 15 is 0 Å². The Hall–Kier alpha value is -1.98. The Balaban J connectivity index is 2.24. The molecule has 0 saturated heterocycles. The zero-order valence-electron chi connectivity index (χ0n) is 10.6. The standard InChI is InChI=1S/C14H10ClN3OS/c1-9-3-2-4-12-16-14(20)18(17(9)12)13(19)10-5-7-11(15)8-6-10/h2-8H,1H3. The van der Waals surface area contributed by atoms with Crippen molar-refractivity contribution < 1.29 is 4.79 Å². The number of hydrogen-bond acceptors (Lipinski definition) is 3. The van der Waals surface area contributed by atoms with Crippen molar-refractivity contribution >= 4 is 35.4 Å². The van der Waals surface area contributed by atoms with E-state index in [1.54, 1.807) is 28.8 Å². The van der Waals surface area contributed by atoms with Crippen LogP contribution in [-0.2, 0) is 0 Å². The van der Waals surface area contributed by atoms with Gasteiger partial charge in [0.15, 0.2) is 5.65 Å². The molecule has 6 heteroatoms. The molecule has 0 bridgehead atoms. The summed E-state index contributed by atoms with van der Waals surface area (Å²) in [5, 5.41) is 0.583. The van der Waals surface area contributed by atoms with Crippen molar-refractivity contribution in [1.29, 1.82) is 0 Å². The molecule has 0 unspecified atom stereocenters. The number of benzene rings is 1. The van der Waals surface area contributed by atoms with Crippen molar-refractivity contribution in [2.24, 2.45) is 0 Å². The fourth-order valence-electron chi connectivity index (χ4n) is 2.06. The number of halogens is 1. The number of hydrogen-bond donors (Lipinski definition) is 0. The zero-order valence-corrected chi connectivity index (χ0v) is 12.1. The van der Waals surface area contributed by atoms with E-state index in [4.69, 9.17) is 23.8 Å². The van der Waals surface area contributed by atoms with Crippen LogP contribution in [0.1, 0.15) is 16.1 Å². The summed E-state index contributed by atoms with van der Waals surface area (Å²) < 4.78 is 3.34. The van der Waals surface area contributed by atoms with E-state index in [-0.39, 0.29) is 10.7 Å². The van der Waals surface area contributed by atoms with Crippen LogP contribution in [-0.4, -0.2) is 20.1 Å². The van der Waals surface area contributed by atoms with Crippen LogP contribution in [0.4, 0.5) is 0 Å². The van der Waals surface area contributed by atoms with Crippen LogP contribution in [0.15, 0.2) is 42.5 Å². The van der Waals surface area contributed by atoms with Crippen molar-refractivity contribution in [3.63, 3.8) is 0 Å². The fraction of sp³-hybridized carbons (Fsp3) is 0.0714. The highest BCUT2D eigenvalue weighted by Gasteiger charge is 2.15. The quantitative estimate of drug-likeness (QED) is 0.646. The minimum absolute atomic E-state index is 0.228. The molecule has 4 nitrogen and oxygen atoms in total. The summed E-state index contributed by atoms with van der Waals surface area (Å²) in [5.74, 6) is -0.228. The molecule has 3 rings (SSSR count). The number of rotatable bonds is 1. The Bertz CT molecular complexity index is 864. The molecular formula is C14H10ClN3OS. The van der Waals surface area contributed by atoms with Gasteiger partial charge in [-0.3, -0.25) is 4.79 Å². The second-order valence-electron chi connectivity index (χ2n) is 4.36. The minimum Gasteiger partial charge on any atom is -0.267 e. The van der Waals surface area contributed by atoms with Crippen LogP contribution >= 0.6 is 23.8 Å². The van der Waals surface area contributed by atoms with Gasteiger partial charge < -0.3 is 0 Å². The molecule has 3 aromatic rings. The summed E-state index contributed by atoms with van der Waals surface area (Å²) in [6.07, 6.45) is 0. The molecule has 2 heterocycles. The molecule has 2 aromatic heterocycles. The Morgan fingerprint density at radius 2 is 1.90 bits per heavy atom. The lowest BCUT2D eigenvalue weighted by molar-refractivity contribution is 0.0937. The van der Waals surface area contributed by atoms with Gasteiger partial charge in [0, 0.05) is 16.3 Å². The Morgan fingerprint density at radius 1 is 1.20 bits per heavy atom. The summed E-state index contributed by atoms with van der Waals surface area (Å²) >= 11 is 11.0. The van der Waals surface area contributed by atoms with E-state index in [1.807, 2.05) is 25.1 Å². The first kappa shape index (κ1) is 13.0. The summed E-state index contributed by atoms with van der Waals surface area (Å²) in [7, 11) is 0. The van der Waals surface area contributed by atoms with E-state index in [1.165, 1.54) is 4.68 Å². The molecule has 1 aromatic carbocycles. The number of nitrogens with zero attached hydrogens (tertiary/aromatic N) is 3. The number of aromatic nitrogens is 3. The van der Waals surface area contributed by atoms with E-state index in [9.17, 15) is 4.79 Å². The molecule has 0 spiro atoms. The van der Waals surface area contributed by atoms with Crippen LogP contribution in [0, 0.1) is 11.7 Å². The monoisotopic (exact) mass is 303 g/mol. The summed E-state index contributed by atoms with van der Waals surface area (Å²) in [6, 6.07) is 12.3. The SMILES string of the molecule is Cc1cccc2nc(=S)n(C(=O)c3ccc(Cl)cc3)n12. The van der Waals surface area contributed by atoms with Crippen molar-refractivity contribution in [2.75, 3.05) is 0 Å². The molecule has 0 aliphatic rings. The predicted octanol–water partition coefficient (Wildman–Crippen LogP) is 3.52. The molecule has 0 fully saturated rings. The maximum atomic E-state index is 12.6. The van der Waals surface area contributed by atoms with Gasteiger partial charge in [-0.1, -0.05) is 17.7 Å². The van der Waals surface area contributed by atoms with Crippen LogP contribution < -0.4 is 0 Å². The highest BCUT2D eigenvalue weighted by atomic mass is 35.5.